The first kappa shape index (κ1) is 33.0. The minimum atomic E-state index is -1.38. The molecule has 0 radical (unpaired) electrons. The number of rotatable bonds is 11. The molecule has 0 saturated carbocycles. The largest absolute Gasteiger partial charge is 0.461 e. The number of methoxy groups -OCH3 is 1. The molecule has 0 aromatic carbocycles. The molecule has 2 aliphatic rings. The minimum absolute atomic E-state index is 0.148. The number of esters is 2. The predicted octanol–water partition coefficient (Wildman–Crippen LogP) is 5.74. The van der Waals surface area contributed by atoms with Gasteiger partial charge in [0.2, 0.25) is 0 Å². The standard InChI is InChI=1S/C30H56N2O6/c1-12-13-15-30(16-14-17-36-11,24(33)37-22-18-26(2,3)31(10)27(4,5)19-22)25(34)38-23-20-28(6,7)32(35)29(8,9)21-23/h22-23,35H,12-21H2,1-11H3. The Morgan fingerprint density at radius 3 is 1.58 bits per heavy atom. The molecule has 8 nitrogen and oxygen atoms in total. The number of hydroxylamine groups is 2. The van der Waals surface area contributed by atoms with Crippen molar-refractivity contribution >= 4 is 11.9 Å². The maximum atomic E-state index is 14.1. The van der Waals surface area contributed by atoms with Crippen molar-refractivity contribution in [2.45, 2.75) is 154 Å². The van der Waals surface area contributed by atoms with Crippen molar-refractivity contribution in [2.24, 2.45) is 5.41 Å². The highest BCUT2D eigenvalue weighted by molar-refractivity contribution is 6.00. The van der Waals surface area contributed by atoms with Gasteiger partial charge in [-0.2, -0.15) is 5.06 Å². The molecule has 0 aromatic heterocycles. The highest BCUT2D eigenvalue weighted by atomic mass is 16.6. The average molecular weight is 541 g/mol. The van der Waals surface area contributed by atoms with E-state index in [-0.39, 0.29) is 17.2 Å². The van der Waals surface area contributed by atoms with E-state index < -0.39 is 34.5 Å². The molecule has 1 atom stereocenters. The molecule has 2 fully saturated rings. The third kappa shape index (κ3) is 7.29. The Morgan fingerprint density at radius 2 is 1.18 bits per heavy atom. The van der Waals surface area contributed by atoms with Crippen LogP contribution in [0.25, 0.3) is 0 Å². The highest BCUT2D eigenvalue weighted by Gasteiger charge is 2.53. The van der Waals surface area contributed by atoms with Gasteiger partial charge >= 0.3 is 11.9 Å². The Balaban J connectivity index is 2.37. The molecule has 1 N–H and O–H groups in total. The molecule has 222 valence electrons. The van der Waals surface area contributed by atoms with Gasteiger partial charge in [-0.3, -0.25) is 14.5 Å². The number of unbranched alkanes of at least 4 members (excludes halogenated alkanes) is 1. The first-order valence-electron chi connectivity index (χ1n) is 14.5. The lowest BCUT2D eigenvalue weighted by molar-refractivity contribution is -0.260. The second-order valence-electron chi connectivity index (χ2n) is 14.3. The monoisotopic (exact) mass is 540 g/mol. The van der Waals surface area contributed by atoms with Crippen LogP contribution in [0, 0.1) is 5.41 Å². The van der Waals surface area contributed by atoms with Gasteiger partial charge in [-0.1, -0.05) is 19.8 Å². The summed E-state index contributed by atoms with van der Waals surface area (Å²) < 4.78 is 17.7. The van der Waals surface area contributed by atoms with Crippen LogP contribution in [-0.4, -0.2) is 82.2 Å². The van der Waals surface area contributed by atoms with Crippen LogP contribution in [0.3, 0.4) is 0 Å². The minimum Gasteiger partial charge on any atom is -0.461 e. The van der Waals surface area contributed by atoms with Crippen LogP contribution in [0.15, 0.2) is 0 Å². The third-order valence-electron chi connectivity index (χ3n) is 9.11. The number of hydrogen-bond donors (Lipinski definition) is 1. The van der Waals surface area contributed by atoms with Crippen LogP contribution >= 0.6 is 0 Å². The molecule has 1 unspecified atom stereocenters. The Kier molecular flexibility index (Phi) is 10.5. The van der Waals surface area contributed by atoms with E-state index >= 15 is 0 Å². The van der Waals surface area contributed by atoms with E-state index in [2.05, 4.69) is 46.6 Å². The number of nitrogens with zero attached hydrogens (tertiary/aromatic N) is 2. The summed E-state index contributed by atoms with van der Waals surface area (Å²) in [6.07, 6.45) is 4.50. The molecule has 0 aromatic rings. The van der Waals surface area contributed by atoms with Gasteiger partial charge in [-0.25, -0.2) is 0 Å². The second kappa shape index (κ2) is 12.1. The van der Waals surface area contributed by atoms with E-state index in [9.17, 15) is 14.8 Å². The van der Waals surface area contributed by atoms with Crippen LogP contribution in [-0.2, 0) is 23.8 Å². The molecule has 2 aliphatic heterocycles. The van der Waals surface area contributed by atoms with Gasteiger partial charge in [0.05, 0.1) is 0 Å². The fourth-order valence-corrected chi connectivity index (χ4v) is 6.77. The molecule has 2 saturated heterocycles. The van der Waals surface area contributed by atoms with E-state index in [0.717, 1.165) is 6.42 Å². The summed E-state index contributed by atoms with van der Waals surface area (Å²) in [5.74, 6) is -0.965. The number of hydrogen-bond acceptors (Lipinski definition) is 8. The van der Waals surface area contributed by atoms with Gasteiger partial charge in [0.25, 0.3) is 0 Å². The lowest BCUT2D eigenvalue weighted by Gasteiger charge is -2.53. The summed E-state index contributed by atoms with van der Waals surface area (Å²) in [7, 11) is 3.74. The molecule has 8 heteroatoms. The maximum absolute atomic E-state index is 14.1. The van der Waals surface area contributed by atoms with Gasteiger partial charge in [0, 0.05) is 61.6 Å². The third-order valence-corrected chi connectivity index (χ3v) is 9.11. The van der Waals surface area contributed by atoms with Gasteiger partial charge in [0.1, 0.15) is 12.2 Å². The van der Waals surface area contributed by atoms with Crippen LogP contribution in [0.4, 0.5) is 0 Å². The van der Waals surface area contributed by atoms with E-state index in [0.29, 0.717) is 58.0 Å². The molecule has 0 spiro atoms. The quantitative estimate of drug-likeness (QED) is 0.202. The van der Waals surface area contributed by atoms with E-state index in [4.69, 9.17) is 14.2 Å². The zero-order chi connectivity index (χ0) is 29.2. The Hall–Kier alpha value is -1.22. The van der Waals surface area contributed by atoms with Crippen molar-refractivity contribution in [3.63, 3.8) is 0 Å². The summed E-state index contributed by atoms with van der Waals surface area (Å²) >= 11 is 0. The lowest BCUT2D eigenvalue weighted by Crippen LogP contribution is -2.61. The maximum Gasteiger partial charge on any atom is 0.323 e. The van der Waals surface area contributed by atoms with Crippen molar-refractivity contribution in [1.29, 1.82) is 0 Å². The average Bonchev–Trinajstić information content (AvgIpc) is 2.77. The van der Waals surface area contributed by atoms with Gasteiger partial charge < -0.3 is 19.4 Å². The van der Waals surface area contributed by atoms with E-state index in [1.54, 1.807) is 7.11 Å². The van der Waals surface area contributed by atoms with Gasteiger partial charge in [0.15, 0.2) is 5.41 Å². The lowest BCUT2D eigenvalue weighted by atomic mass is 9.76. The fraction of sp³-hybridized carbons (Fsp3) is 0.933. The number of carbonyl (C=O) groups excluding carboxylic acids is 2. The second-order valence-corrected chi connectivity index (χ2v) is 14.3. The molecule has 0 bridgehead atoms. The van der Waals surface area contributed by atoms with Crippen molar-refractivity contribution in [3.05, 3.63) is 0 Å². The van der Waals surface area contributed by atoms with Crippen molar-refractivity contribution < 1.29 is 29.0 Å². The highest BCUT2D eigenvalue weighted by Crippen LogP contribution is 2.43. The van der Waals surface area contributed by atoms with Crippen LogP contribution in [0.2, 0.25) is 0 Å². The summed E-state index contributed by atoms with van der Waals surface area (Å²) in [4.78, 5) is 30.5. The topological polar surface area (TPSA) is 88.5 Å². The zero-order valence-corrected chi connectivity index (χ0v) is 26.1. The summed E-state index contributed by atoms with van der Waals surface area (Å²) in [5, 5.41) is 12.1. The van der Waals surface area contributed by atoms with E-state index in [1.165, 1.54) is 5.06 Å². The number of ether oxygens (including phenoxy) is 3. The van der Waals surface area contributed by atoms with Crippen LogP contribution < -0.4 is 0 Å². The first-order valence-corrected chi connectivity index (χ1v) is 14.5. The first-order chi connectivity index (χ1) is 17.3. The van der Waals surface area contributed by atoms with Crippen LogP contribution in [0.5, 0.6) is 0 Å². The van der Waals surface area contributed by atoms with Crippen molar-refractivity contribution in [2.75, 3.05) is 20.8 Å². The van der Waals surface area contributed by atoms with Gasteiger partial charge in [-0.05, 0) is 81.7 Å². The normalized spacial score (nSPS) is 25.5. The van der Waals surface area contributed by atoms with Crippen LogP contribution in [0.1, 0.15) is 120 Å². The molecule has 2 heterocycles. The fourth-order valence-electron chi connectivity index (χ4n) is 6.77. The summed E-state index contributed by atoms with van der Waals surface area (Å²) in [6.45, 7) is 18.9. The molecule has 0 amide bonds. The molecular weight excluding hydrogens is 484 g/mol. The van der Waals surface area contributed by atoms with Gasteiger partial charge in [-0.15, -0.1) is 0 Å². The Labute approximate surface area is 231 Å². The summed E-state index contributed by atoms with van der Waals surface area (Å²) in [6, 6.07) is 0. The predicted molar refractivity (Wildman–Crippen MR) is 149 cm³/mol. The Bertz CT molecular complexity index is 730. The Morgan fingerprint density at radius 1 is 0.789 bits per heavy atom. The molecule has 0 aliphatic carbocycles. The SMILES string of the molecule is CCCCC(CCCOC)(C(=O)OC1CC(C)(C)N(C)C(C)(C)C1)C(=O)OC1CC(C)(C)N(O)C(C)(C)C1. The molecule has 2 rings (SSSR count). The summed E-state index contributed by atoms with van der Waals surface area (Å²) in [5.41, 5.74) is -2.81. The smallest absolute Gasteiger partial charge is 0.323 e. The number of piperidine rings is 2. The molecule has 38 heavy (non-hydrogen) atoms. The molecular formula is C30H56N2O6. The van der Waals surface area contributed by atoms with E-state index in [1.807, 2.05) is 27.7 Å². The van der Waals surface area contributed by atoms with Crippen molar-refractivity contribution in [1.82, 2.24) is 9.96 Å². The number of carbonyl (C=O) groups is 2. The van der Waals surface area contributed by atoms with Crippen molar-refractivity contribution in [3.8, 4) is 0 Å². The zero-order valence-electron chi connectivity index (χ0n) is 26.1. The number of likely N-dealkylation sites (tertiary alicyclic amines) is 1.